The van der Waals surface area contributed by atoms with Gasteiger partial charge < -0.3 is 2.85 Å². The van der Waals surface area contributed by atoms with Crippen molar-refractivity contribution >= 4 is 49.6 Å². The molecule has 1 aliphatic rings. The first-order valence-electron chi connectivity index (χ1n) is 3.24. The molecule has 1 aromatic carbocycles. The second kappa shape index (κ2) is 3.56. The van der Waals surface area contributed by atoms with Crippen LogP contribution in [0.2, 0.25) is 0 Å². The van der Waals surface area contributed by atoms with E-state index in [9.17, 15) is 9.59 Å². The number of nitrogens with one attached hydrogen (secondary N) is 1. The summed E-state index contributed by atoms with van der Waals surface area (Å²) in [4.78, 5) is 21.9. The van der Waals surface area contributed by atoms with Crippen molar-refractivity contribution in [3.8, 4) is 0 Å². The third-order valence-corrected chi connectivity index (χ3v) is 1.64. The van der Waals surface area contributed by atoms with Crippen molar-refractivity contribution in [2.75, 3.05) is 0 Å². The summed E-state index contributed by atoms with van der Waals surface area (Å²) in [7, 11) is 0. The van der Waals surface area contributed by atoms with E-state index in [1.165, 1.54) is 0 Å². The van der Waals surface area contributed by atoms with Crippen LogP contribution in [0.4, 0.5) is 0 Å². The zero-order valence-corrected chi connectivity index (χ0v) is 8.54. The minimum Gasteiger partial charge on any atom is -1.00 e. The maximum absolute atomic E-state index is 10.9. The summed E-state index contributed by atoms with van der Waals surface area (Å²) >= 11 is 0. The minimum absolute atomic E-state index is 0. The molecule has 0 unspecified atom stereocenters. The standard InChI is InChI=1S/C8H5NO2.Ca.2H/c10-7-5-3-1-2-4-6(5)8(11)9-7;;;/h1-4H,(H,9,10,11);;;/q;+2;2*-1. The van der Waals surface area contributed by atoms with Crippen molar-refractivity contribution in [3.05, 3.63) is 35.4 Å². The van der Waals surface area contributed by atoms with Crippen LogP contribution in [-0.2, 0) is 0 Å². The van der Waals surface area contributed by atoms with E-state index in [0.717, 1.165) is 0 Å². The fraction of sp³-hybridized carbons (Fsp3) is 0. The number of carbonyl (C=O) groups excluding carboxylic acids is 2. The van der Waals surface area contributed by atoms with Crippen molar-refractivity contribution < 1.29 is 12.4 Å². The van der Waals surface area contributed by atoms with E-state index in [4.69, 9.17) is 0 Å². The molecule has 1 N–H and O–H groups in total. The number of fused-ring (bicyclic) bond motifs is 1. The largest absolute Gasteiger partial charge is 2.00 e. The van der Waals surface area contributed by atoms with E-state index in [2.05, 4.69) is 5.32 Å². The number of hydrogen-bond donors (Lipinski definition) is 1. The summed E-state index contributed by atoms with van der Waals surface area (Å²) in [5.41, 5.74) is 0.940. The van der Waals surface area contributed by atoms with E-state index >= 15 is 0 Å². The summed E-state index contributed by atoms with van der Waals surface area (Å²) in [5.74, 6) is -0.601. The van der Waals surface area contributed by atoms with Gasteiger partial charge in [0.15, 0.2) is 0 Å². The Hall–Kier alpha value is -0.380. The zero-order valence-electron chi connectivity index (χ0n) is 8.33. The van der Waals surface area contributed by atoms with Crippen LogP contribution in [0, 0.1) is 0 Å². The summed E-state index contributed by atoms with van der Waals surface area (Å²) in [6.07, 6.45) is 0. The molecule has 1 aliphatic heterocycles. The Morgan fingerprint density at radius 3 is 1.83 bits per heavy atom. The number of benzene rings is 1. The van der Waals surface area contributed by atoms with Crippen LogP contribution in [0.15, 0.2) is 24.3 Å². The zero-order chi connectivity index (χ0) is 7.84. The number of amides is 2. The third-order valence-electron chi connectivity index (χ3n) is 1.64. The molecule has 1 heterocycles. The molecular formula is C8H7CaNO2. The first-order valence-corrected chi connectivity index (χ1v) is 3.24. The molecule has 0 aliphatic carbocycles. The molecule has 0 radical (unpaired) electrons. The SMILES string of the molecule is O=C1NC(=O)c2ccccc21.[Ca+2].[H-].[H-]. The van der Waals surface area contributed by atoms with E-state index in [1.54, 1.807) is 24.3 Å². The van der Waals surface area contributed by atoms with Gasteiger partial charge in [0, 0.05) is 0 Å². The van der Waals surface area contributed by atoms with Crippen molar-refractivity contribution in [1.82, 2.24) is 5.32 Å². The number of rotatable bonds is 0. The Labute approximate surface area is 102 Å². The van der Waals surface area contributed by atoms with Crippen LogP contribution in [-0.4, -0.2) is 49.6 Å². The molecule has 0 atom stereocenters. The average Bonchev–Trinajstić information content (AvgIpc) is 2.30. The fourth-order valence-corrected chi connectivity index (χ4v) is 1.12. The molecule has 0 bridgehead atoms. The van der Waals surface area contributed by atoms with Crippen molar-refractivity contribution in [2.24, 2.45) is 0 Å². The molecular weight excluding hydrogens is 182 g/mol. The predicted molar refractivity (Wildman–Crippen MR) is 46.2 cm³/mol. The molecule has 3 nitrogen and oxygen atoms in total. The first-order chi connectivity index (χ1) is 5.29. The molecule has 2 amide bonds. The predicted octanol–water partition coefficient (Wildman–Crippen LogP) is 0.414. The third kappa shape index (κ3) is 1.40. The van der Waals surface area contributed by atoms with Crippen LogP contribution in [0.3, 0.4) is 0 Å². The Kier molecular flexibility index (Phi) is 2.88. The van der Waals surface area contributed by atoms with Crippen molar-refractivity contribution in [2.45, 2.75) is 0 Å². The van der Waals surface area contributed by atoms with Crippen LogP contribution in [0.25, 0.3) is 0 Å². The van der Waals surface area contributed by atoms with Gasteiger partial charge in [-0.05, 0) is 12.1 Å². The van der Waals surface area contributed by atoms with Gasteiger partial charge in [-0.3, -0.25) is 14.9 Å². The molecule has 2 rings (SSSR count). The van der Waals surface area contributed by atoms with Crippen LogP contribution in [0.1, 0.15) is 23.6 Å². The smallest absolute Gasteiger partial charge is 1.00 e. The van der Waals surface area contributed by atoms with E-state index in [-0.39, 0.29) is 52.4 Å². The monoisotopic (exact) mass is 189 g/mol. The molecule has 4 heteroatoms. The van der Waals surface area contributed by atoms with Gasteiger partial charge in [-0.25, -0.2) is 0 Å². The Bertz CT molecular complexity index is 324. The fourth-order valence-electron chi connectivity index (χ4n) is 1.12. The molecule has 58 valence electrons. The van der Waals surface area contributed by atoms with Gasteiger partial charge in [-0.15, -0.1) is 0 Å². The molecule has 0 saturated carbocycles. The van der Waals surface area contributed by atoms with Gasteiger partial charge in [0.25, 0.3) is 11.8 Å². The minimum atomic E-state index is -0.300. The first kappa shape index (κ1) is 9.71. The summed E-state index contributed by atoms with van der Waals surface area (Å²) in [6, 6.07) is 6.74. The summed E-state index contributed by atoms with van der Waals surface area (Å²) < 4.78 is 0. The van der Waals surface area contributed by atoms with Gasteiger partial charge in [-0.1, -0.05) is 12.1 Å². The summed E-state index contributed by atoms with van der Waals surface area (Å²) in [6.45, 7) is 0. The van der Waals surface area contributed by atoms with Crippen molar-refractivity contribution in [1.29, 1.82) is 0 Å². The quantitative estimate of drug-likeness (QED) is 0.474. The van der Waals surface area contributed by atoms with Crippen LogP contribution in [0.5, 0.6) is 0 Å². The Morgan fingerprint density at radius 1 is 1.00 bits per heavy atom. The maximum Gasteiger partial charge on any atom is 2.00 e. The normalized spacial score (nSPS) is 13.3. The molecule has 0 fully saturated rings. The maximum atomic E-state index is 10.9. The van der Waals surface area contributed by atoms with E-state index in [1.807, 2.05) is 0 Å². The molecule has 1 aromatic rings. The van der Waals surface area contributed by atoms with E-state index in [0.29, 0.717) is 11.1 Å². The topological polar surface area (TPSA) is 46.2 Å². The van der Waals surface area contributed by atoms with E-state index < -0.39 is 0 Å². The summed E-state index contributed by atoms with van der Waals surface area (Å²) in [5, 5.41) is 2.20. The number of imide groups is 1. The average molecular weight is 189 g/mol. The second-order valence-electron chi connectivity index (χ2n) is 2.33. The van der Waals surface area contributed by atoms with Gasteiger partial charge in [0.1, 0.15) is 0 Å². The van der Waals surface area contributed by atoms with Crippen molar-refractivity contribution in [3.63, 3.8) is 0 Å². The molecule has 0 saturated heterocycles. The van der Waals surface area contributed by atoms with Crippen LogP contribution < -0.4 is 5.32 Å². The molecule has 0 aromatic heterocycles. The molecule has 12 heavy (non-hydrogen) atoms. The van der Waals surface area contributed by atoms with Crippen LogP contribution >= 0.6 is 0 Å². The number of carbonyl (C=O) groups is 2. The molecule has 0 spiro atoms. The van der Waals surface area contributed by atoms with Gasteiger partial charge in [0.2, 0.25) is 0 Å². The van der Waals surface area contributed by atoms with Gasteiger partial charge >= 0.3 is 37.7 Å². The Balaban J connectivity index is 0. The second-order valence-corrected chi connectivity index (χ2v) is 2.33. The number of hydrogen-bond acceptors (Lipinski definition) is 2. The van der Waals surface area contributed by atoms with Gasteiger partial charge in [0.05, 0.1) is 11.1 Å². The Morgan fingerprint density at radius 2 is 1.42 bits per heavy atom. The van der Waals surface area contributed by atoms with Gasteiger partial charge in [-0.2, -0.15) is 0 Å².